The van der Waals surface area contributed by atoms with Crippen LogP contribution >= 0.6 is 11.3 Å². The van der Waals surface area contributed by atoms with Crippen LogP contribution in [0.4, 0.5) is 0 Å². The van der Waals surface area contributed by atoms with Crippen molar-refractivity contribution in [1.82, 2.24) is 20.0 Å². The van der Waals surface area contributed by atoms with Crippen molar-refractivity contribution in [2.24, 2.45) is 0 Å². The highest BCUT2D eigenvalue weighted by Gasteiger charge is 2.25. The third kappa shape index (κ3) is 4.27. The van der Waals surface area contributed by atoms with Gasteiger partial charge in [0.1, 0.15) is 0 Å². The number of hydrogen-bond donors (Lipinski definition) is 1. The molecule has 5 heteroatoms. The molecule has 21 heavy (non-hydrogen) atoms. The van der Waals surface area contributed by atoms with Crippen LogP contribution in [0.15, 0.2) is 11.4 Å². The lowest BCUT2D eigenvalue weighted by Gasteiger charge is -2.37. The summed E-state index contributed by atoms with van der Waals surface area (Å²) in [6.07, 6.45) is 1.33. The first-order valence-electron chi connectivity index (χ1n) is 8.09. The first-order valence-corrected chi connectivity index (χ1v) is 8.97. The fourth-order valence-electron chi connectivity index (χ4n) is 3.42. The van der Waals surface area contributed by atoms with E-state index in [1.807, 2.05) is 11.3 Å². The summed E-state index contributed by atoms with van der Waals surface area (Å²) in [6, 6.07) is 3.18. The maximum atomic E-state index is 3.48. The second-order valence-electron chi connectivity index (χ2n) is 6.62. The Morgan fingerprint density at radius 1 is 1.29 bits per heavy atom. The van der Waals surface area contributed by atoms with E-state index in [0.717, 1.165) is 19.1 Å². The molecule has 0 amide bonds. The van der Waals surface area contributed by atoms with Gasteiger partial charge >= 0.3 is 0 Å². The van der Waals surface area contributed by atoms with E-state index >= 15 is 0 Å². The number of nitrogens with zero attached hydrogens (tertiary/aromatic N) is 3. The smallest absolute Gasteiger partial charge is 0.0329 e. The molecule has 0 saturated carbocycles. The maximum absolute atomic E-state index is 3.48. The van der Waals surface area contributed by atoms with Crippen LogP contribution in [-0.4, -0.2) is 74.1 Å². The first kappa shape index (κ1) is 15.4. The molecule has 1 aromatic heterocycles. The lowest BCUT2D eigenvalue weighted by atomic mass is 10.2. The molecule has 3 rings (SSSR count). The first-order chi connectivity index (χ1) is 10.2. The summed E-state index contributed by atoms with van der Waals surface area (Å²) in [4.78, 5) is 9.05. The third-order valence-corrected chi connectivity index (χ3v) is 5.51. The van der Waals surface area contributed by atoms with E-state index in [2.05, 4.69) is 45.6 Å². The molecule has 0 aliphatic carbocycles. The summed E-state index contributed by atoms with van der Waals surface area (Å²) >= 11 is 1.92. The van der Waals surface area contributed by atoms with Gasteiger partial charge in [-0.05, 0) is 44.1 Å². The van der Waals surface area contributed by atoms with Crippen LogP contribution in [0.5, 0.6) is 0 Å². The van der Waals surface area contributed by atoms with Crippen LogP contribution in [-0.2, 0) is 13.1 Å². The molecule has 0 spiro atoms. The Morgan fingerprint density at radius 2 is 2.10 bits per heavy atom. The Kier molecular flexibility index (Phi) is 5.29. The van der Waals surface area contributed by atoms with Crippen LogP contribution in [0.3, 0.4) is 0 Å². The molecule has 118 valence electrons. The number of hydrogen-bond acceptors (Lipinski definition) is 5. The van der Waals surface area contributed by atoms with Crippen LogP contribution in [0, 0.1) is 0 Å². The molecule has 3 heterocycles. The summed E-state index contributed by atoms with van der Waals surface area (Å²) < 4.78 is 0. The van der Waals surface area contributed by atoms with Crippen molar-refractivity contribution in [2.75, 3.05) is 53.4 Å². The second kappa shape index (κ2) is 7.20. The predicted molar refractivity (Wildman–Crippen MR) is 89.8 cm³/mol. The Morgan fingerprint density at radius 3 is 2.76 bits per heavy atom. The van der Waals surface area contributed by atoms with Gasteiger partial charge in [-0.3, -0.25) is 9.80 Å². The minimum atomic E-state index is 0.792. The molecular formula is C16H28N4S. The molecule has 1 atom stereocenters. The van der Waals surface area contributed by atoms with E-state index in [4.69, 9.17) is 0 Å². The number of nitrogens with one attached hydrogen (secondary N) is 1. The van der Waals surface area contributed by atoms with Gasteiger partial charge in [0.05, 0.1) is 0 Å². The van der Waals surface area contributed by atoms with Crippen LogP contribution in [0.1, 0.15) is 16.9 Å². The Bertz CT molecular complexity index is 431. The molecular weight excluding hydrogens is 280 g/mol. The average Bonchev–Trinajstić information content (AvgIpc) is 3.11. The van der Waals surface area contributed by atoms with Crippen molar-refractivity contribution in [3.05, 3.63) is 21.9 Å². The molecule has 4 nitrogen and oxygen atoms in total. The normalized spacial score (nSPS) is 25.0. The van der Waals surface area contributed by atoms with E-state index in [-0.39, 0.29) is 0 Å². The molecule has 1 N–H and O–H groups in total. The maximum Gasteiger partial charge on any atom is 0.0329 e. The molecule has 0 bridgehead atoms. The summed E-state index contributed by atoms with van der Waals surface area (Å²) in [7, 11) is 4.27. The topological polar surface area (TPSA) is 21.8 Å². The lowest BCUT2D eigenvalue weighted by molar-refractivity contribution is 0.0987. The Hall–Kier alpha value is -0.460. The monoisotopic (exact) mass is 308 g/mol. The van der Waals surface area contributed by atoms with Crippen molar-refractivity contribution in [1.29, 1.82) is 0 Å². The highest BCUT2D eigenvalue weighted by atomic mass is 32.1. The quantitative estimate of drug-likeness (QED) is 0.885. The van der Waals surface area contributed by atoms with E-state index in [1.54, 1.807) is 0 Å². The zero-order valence-electron chi connectivity index (χ0n) is 13.3. The second-order valence-corrected chi connectivity index (χ2v) is 7.61. The fraction of sp³-hybridized carbons (Fsp3) is 0.750. The summed E-state index contributed by atoms with van der Waals surface area (Å²) in [5.74, 6) is 0. The minimum absolute atomic E-state index is 0.792. The average molecular weight is 308 g/mol. The van der Waals surface area contributed by atoms with Gasteiger partial charge in [-0.2, -0.15) is 0 Å². The van der Waals surface area contributed by atoms with Crippen molar-refractivity contribution in [2.45, 2.75) is 25.6 Å². The SMILES string of the molecule is CN(C)Cc1csc(CN2CCN([C@@H]3CCNC3)CC2)c1. The van der Waals surface area contributed by atoms with Crippen LogP contribution in [0.25, 0.3) is 0 Å². The van der Waals surface area contributed by atoms with E-state index in [9.17, 15) is 0 Å². The minimum Gasteiger partial charge on any atom is -0.315 e. The van der Waals surface area contributed by atoms with Crippen molar-refractivity contribution in [3.8, 4) is 0 Å². The highest BCUT2D eigenvalue weighted by molar-refractivity contribution is 7.10. The van der Waals surface area contributed by atoms with Gasteiger partial charge in [0.25, 0.3) is 0 Å². The van der Waals surface area contributed by atoms with Gasteiger partial charge < -0.3 is 10.2 Å². The molecule has 2 aliphatic rings. The molecule has 2 saturated heterocycles. The summed E-state index contributed by atoms with van der Waals surface area (Å²) in [6.45, 7) is 9.50. The van der Waals surface area contributed by atoms with Gasteiger partial charge in [-0.25, -0.2) is 0 Å². The van der Waals surface area contributed by atoms with Crippen LogP contribution < -0.4 is 5.32 Å². The van der Waals surface area contributed by atoms with Gasteiger partial charge in [-0.1, -0.05) is 0 Å². The van der Waals surface area contributed by atoms with Crippen molar-refractivity contribution in [3.63, 3.8) is 0 Å². The lowest BCUT2D eigenvalue weighted by Crippen LogP contribution is -2.50. The van der Waals surface area contributed by atoms with Gasteiger partial charge in [-0.15, -0.1) is 11.3 Å². The predicted octanol–water partition coefficient (Wildman–Crippen LogP) is 1.29. The Labute approximate surface area is 132 Å². The van der Waals surface area contributed by atoms with Gasteiger partial charge in [0.15, 0.2) is 0 Å². The molecule has 2 fully saturated rings. The number of piperazine rings is 1. The zero-order valence-corrected chi connectivity index (χ0v) is 14.2. The molecule has 1 aromatic rings. The van der Waals surface area contributed by atoms with E-state index < -0.39 is 0 Å². The Balaban J connectivity index is 1.45. The standard InChI is InChI=1S/C16H28N4S/c1-18(2)11-14-9-16(21-13-14)12-19-5-7-20(8-6-19)15-3-4-17-10-15/h9,13,15,17H,3-8,10-12H2,1-2H3/t15-/m1/s1. The fourth-order valence-corrected chi connectivity index (χ4v) is 4.34. The van der Waals surface area contributed by atoms with Crippen molar-refractivity contribution < 1.29 is 0 Å². The largest absolute Gasteiger partial charge is 0.315 e. The highest BCUT2D eigenvalue weighted by Crippen LogP contribution is 2.19. The van der Waals surface area contributed by atoms with Crippen LogP contribution in [0.2, 0.25) is 0 Å². The van der Waals surface area contributed by atoms with Gasteiger partial charge in [0, 0.05) is 56.7 Å². The molecule has 2 aliphatic heterocycles. The van der Waals surface area contributed by atoms with Gasteiger partial charge in [0.2, 0.25) is 0 Å². The zero-order chi connectivity index (χ0) is 14.7. The molecule has 0 unspecified atom stereocenters. The van der Waals surface area contributed by atoms with Crippen molar-refractivity contribution >= 4 is 11.3 Å². The third-order valence-electron chi connectivity index (χ3n) is 4.54. The number of thiophene rings is 1. The summed E-state index contributed by atoms with van der Waals surface area (Å²) in [5.41, 5.74) is 1.45. The molecule has 0 aromatic carbocycles. The summed E-state index contributed by atoms with van der Waals surface area (Å²) in [5, 5.41) is 5.80. The van der Waals surface area contributed by atoms with E-state index in [0.29, 0.717) is 0 Å². The molecule has 0 radical (unpaired) electrons. The van der Waals surface area contributed by atoms with E-state index in [1.165, 1.54) is 56.1 Å². The number of rotatable bonds is 5.